The highest BCUT2D eigenvalue weighted by Gasteiger charge is 2.46. The second-order valence-electron chi connectivity index (χ2n) is 9.24. The van der Waals surface area contributed by atoms with Gasteiger partial charge in [0.2, 0.25) is 0 Å². The van der Waals surface area contributed by atoms with Crippen molar-refractivity contribution in [1.82, 2.24) is 0 Å². The number of nitrogens with two attached hydrogens (primary N) is 1. The fraction of sp³-hybridized carbons (Fsp3) is 0.895. The van der Waals surface area contributed by atoms with Gasteiger partial charge < -0.3 is 10.1 Å². The summed E-state index contributed by atoms with van der Waals surface area (Å²) in [6.07, 6.45) is 7.94. The Morgan fingerprint density at radius 1 is 1.19 bits per heavy atom. The predicted octanol–water partition coefficient (Wildman–Crippen LogP) is 3.63. The van der Waals surface area contributed by atoms with Gasteiger partial charge in [-0.15, -0.1) is 0 Å². The molecule has 0 saturated carbocycles. The third-order valence-corrected chi connectivity index (χ3v) is 6.53. The summed E-state index contributed by atoms with van der Waals surface area (Å²) in [7, 11) is 0. The molecule has 1 aliphatic heterocycles. The molecule has 0 aromatic rings. The van der Waals surface area contributed by atoms with Crippen molar-refractivity contribution in [2.24, 2.45) is 16.7 Å². The molecule has 0 unspecified atom stereocenters. The molecule has 0 amide bonds. The molecule has 1 heterocycles. The van der Waals surface area contributed by atoms with Crippen molar-refractivity contribution < 1.29 is 10.1 Å². The van der Waals surface area contributed by atoms with Crippen LogP contribution in [0.1, 0.15) is 73.1 Å². The van der Waals surface area contributed by atoms with Crippen molar-refractivity contribution in [3.8, 4) is 0 Å². The highest BCUT2D eigenvalue weighted by molar-refractivity contribution is 5.29. The first-order chi connectivity index (χ1) is 9.72. The molecule has 21 heavy (non-hydrogen) atoms. The molecule has 1 saturated heterocycles. The molecule has 2 atom stereocenters. The van der Waals surface area contributed by atoms with Crippen molar-refractivity contribution in [1.29, 1.82) is 0 Å². The summed E-state index contributed by atoms with van der Waals surface area (Å²) in [5.41, 5.74) is 4.49. The molecule has 2 aliphatic carbocycles. The van der Waals surface area contributed by atoms with Gasteiger partial charge >= 0.3 is 0 Å². The van der Waals surface area contributed by atoms with Crippen LogP contribution in [0.3, 0.4) is 0 Å². The molecule has 0 bridgehead atoms. The van der Waals surface area contributed by atoms with Crippen LogP contribution < -0.4 is 5.32 Å². The minimum atomic E-state index is 0.0319. The van der Waals surface area contributed by atoms with Gasteiger partial charge in [0.15, 0.2) is 5.72 Å². The van der Waals surface area contributed by atoms with E-state index in [2.05, 4.69) is 39.9 Å². The Morgan fingerprint density at radius 2 is 1.95 bits per heavy atom. The third kappa shape index (κ3) is 2.94. The smallest absolute Gasteiger partial charge is 0.197 e. The molecule has 0 radical (unpaired) electrons. The number of hydrogen-bond acceptors (Lipinski definition) is 1. The molecule has 2 heteroatoms. The van der Waals surface area contributed by atoms with Crippen LogP contribution in [0.4, 0.5) is 0 Å². The number of rotatable bonds is 2. The Hall–Kier alpha value is -0.340. The second-order valence-corrected chi connectivity index (χ2v) is 9.24. The number of quaternary nitrogens is 1. The van der Waals surface area contributed by atoms with E-state index in [0.717, 1.165) is 19.1 Å². The Balaban J connectivity index is 1.82. The summed E-state index contributed by atoms with van der Waals surface area (Å²) in [6.45, 7) is 14.3. The van der Waals surface area contributed by atoms with Crippen molar-refractivity contribution in [2.45, 2.75) is 78.9 Å². The summed E-state index contributed by atoms with van der Waals surface area (Å²) in [6, 6.07) is 0. The van der Waals surface area contributed by atoms with Crippen LogP contribution in [0.25, 0.3) is 0 Å². The van der Waals surface area contributed by atoms with E-state index in [1.807, 2.05) is 0 Å². The van der Waals surface area contributed by atoms with E-state index in [0.29, 0.717) is 10.8 Å². The summed E-state index contributed by atoms with van der Waals surface area (Å²) in [4.78, 5) is 0. The van der Waals surface area contributed by atoms with Gasteiger partial charge in [-0.2, -0.15) is 0 Å². The Morgan fingerprint density at radius 3 is 2.62 bits per heavy atom. The van der Waals surface area contributed by atoms with Crippen LogP contribution in [-0.2, 0) is 4.74 Å². The fourth-order valence-electron chi connectivity index (χ4n) is 4.98. The molecular formula is C19H34NO+. The van der Waals surface area contributed by atoms with Gasteiger partial charge in [0.25, 0.3) is 0 Å². The maximum Gasteiger partial charge on any atom is 0.197 e. The molecule has 3 rings (SSSR count). The molecule has 0 spiro atoms. The van der Waals surface area contributed by atoms with Gasteiger partial charge in [0.1, 0.15) is 13.2 Å². The van der Waals surface area contributed by atoms with Gasteiger partial charge in [0.05, 0.1) is 0 Å². The monoisotopic (exact) mass is 292 g/mol. The minimum Gasteiger partial charge on any atom is -0.321 e. The van der Waals surface area contributed by atoms with Crippen LogP contribution in [0.5, 0.6) is 0 Å². The summed E-state index contributed by atoms with van der Waals surface area (Å²) in [5.74, 6) is 0.768. The van der Waals surface area contributed by atoms with Crippen molar-refractivity contribution in [3.63, 3.8) is 0 Å². The Bertz CT molecular complexity index is 440. The first-order valence-electron chi connectivity index (χ1n) is 8.92. The highest BCUT2D eigenvalue weighted by Crippen LogP contribution is 2.54. The molecule has 120 valence electrons. The maximum atomic E-state index is 6.04. The summed E-state index contributed by atoms with van der Waals surface area (Å²) >= 11 is 0. The lowest BCUT2D eigenvalue weighted by Crippen LogP contribution is -2.93. The maximum absolute atomic E-state index is 6.04. The van der Waals surface area contributed by atoms with Crippen molar-refractivity contribution >= 4 is 0 Å². The minimum absolute atomic E-state index is 0.0319. The quantitative estimate of drug-likeness (QED) is 0.773. The molecule has 1 fully saturated rings. The van der Waals surface area contributed by atoms with E-state index in [-0.39, 0.29) is 5.72 Å². The zero-order valence-electron chi connectivity index (χ0n) is 14.7. The SMILES string of the molecule is CC1(C)CCCC2=C1CC(C)(C)[C@H](C[C@@]1(C)[NH2+]CCO1)C2. The van der Waals surface area contributed by atoms with Crippen LogP contribution >= 0.6 is 0 Å². The van der Waals surface area contributed by atoms with E-state index in [4.69, 9.17) is 4.74 Å². The normalized spacial score (nSPS) is 38.4. The van der Waals surface area contributed by atoms with E-state index in [1.54, 1.807) is 11.1 Å². The lowest BCUT2D eigenvalue weighted by Gasteiger charge is -2.48. The highest BCUT2D eigenvalue weighted by atomic mass is 16.5. The van der Waals surface area contributed by atoms with E-state index in [1.165, 1.54) is 38.5 Å². The first kappa shape index (κ1) is 15.6. The van der Waals surface area contributed by atoms with Gasteiger partial charge in [-0.25, -0.2) is 0 Å². The van der Waals surface area contributed by atoms with Gasteiger partial charge in [0, 0.05) is 13.3 Å². The van der Waals surface area contributed by atoms with Crippen molar-refractivity contribution in [3.05, 3.63) is 11.1 Å². The second kappa shape index (κ2) is 5.09. The molecular weight excluding hydrogens is 258 g/mol. The van der Waals surface area contributed by atoms with Gasteiger partial charge in [-0.3, -0.25) is 0 Å². The topological polar surface area (TPSA) is 25.8 Å². The van der Waals surface area contributed by atoms with E-state index >= 15 is 0 Å². The van der Waals surface area contributed by atoms with Gasteiger partial charge in [-0.1, -0.05) is 38.8 Å². The van der Waals surface area contributed by atoms with Crippen LogP contribution in [0.2, 0.25) is 0 Å². The zero-order valence-corrected chi connectivity index (χ0v) is 14.7. The zero-order chi connectivity index (χ0) is 15.3. The lowest BCUT2D eigenvalue weighted by molar-refractivity contribution is -0.732. The third-order valence-electron chi connectivity index (χ3n) is 6.53. The van der Waals surface area contributed by atoms with Crippen LogP contribution in [-0.4, -0.2) is 18.9 Å². The van der Waals surface area contributed by atoms with E-state index < -0.39 is 0 Å². The standard InChI is InChI=1S/C19H33NO/c1-17(2)8-6-7-14-11-15(18(3,4)13-16(14)17)12-19(5)20-9-10-21-19/h15,20H,6-13H2,1-5H3/p+1/t15-,19-/m0/s1. The van der Waals surface area contributed by atoms with E-state index in [9.17, 15) is 0 Å². The average molecular weight is 292 g/mol. The molecule has 3 aliphatic rings. The van der Waals surface area contributed by atoms with Crippen molar-refractivity contribution in [2.75, 3.05) is 13.2 Å². The molecule has 2 N–H and O–H groups in total. The molecule has 2 nitrogen and oxygen atoms in total. The predicted molar refractivity (Wildman–Crippen MR) is 86.9 cm³/mol. The van der Waals surface area contributed by atoms with Gasteiger partial charge in [-0.05, 0) is 48.9 Å². The average Bonchev–Trinajstić information content (AvgIpc) is 2.78. The van der Waals surface area contributed by atoms with Crippen LogP contribution in [0.15, 0.2) is 11.1 Å². The summed E-state index contributed by atoms with van der Waals surface area (Å²) < 4.78 is 6.04. The Kier molecular flexibility index (Phi) is 3.77. The number of allylic oxidation sites excluding steroid dienone is 2. The first-order valence-corrected chi connectivity index (χ1v) is 8.92. The Labute approximate surface area is 130 Å². The molecule has 0 aromatic heterocycles. The fourth-order valence-corrected chi connectivity index (χ4v) is 4.98. The van der Waals surface area contributed by atoms with Crippen LogP contribution in [0, 0.1) is 16.7 Å². The largest absolute Gasteiger partial charge is 0.321 e. The number of hydrogen-bond donors (Lipinski definition) is 1. The lowest BCUT2D eigenvalue weighted by atomic mass is 9.57. The number of ether oxygens (including phenoxy) is 1. The summed E-state index contributed by atoms with van der Waals surface area (Å²) in [5, 5.41) is 2.41. The molecule has 0 aromatic carbocycles.